The highest BCUT2D eigenvalue weighted by Crippen LogP contribution is 2.46. The van der Waals surface area contributed by atoms with Crippen LogP contribution in [0.25, 0.3) is 0 Å². The first kappa shape index (κ1) is 19.7. The molecule has 3 rings (SSSR count). The molecule has 1 aromatic heterocycles. The molecule has 9 heteroatoms. The van der Waals surface area contributed by atoms with Gasteiger partial charge in [0.1, 0.15) is 6.26 Å². The third-order valence-electron chi connectivity index (χ3n) is 5.02. The van der Waals surface area contributed by atoms with Crippen LogP contribution in [0.2, 0.25) is 5.02 Å². The first-order valence-corrected chi connectivity index (χ1v) is 8.85. The molecule has 1 aliphatic carbocycles. The van der Waals surface area contributed by atoms with E-state index in [1.165, 1.54) is 18.4 Å². The van der Waals surface area contributed by atoms with Gasteiger partial charge >= 0.3 is 6.18 Å². The summed E-state index contributed by atoms with van der Waals surface area (Å²) in [4.78, 5) is 12.3. The molecular weight excluding hydrogens is 385 g/mol. The van der Waals surface area contributed by atoms with Crippen LogP contribution < -0.4 is 5.32 Å². The molecule has 2 N–H and O–H groups in total. The number of aliphatic hydroxyl groups is 1. The smallest absolute Gasteiger partial charge is 0.396 e. The monoisotopic (exact) mass is 402 g/mol. The molecular formula is C18H18ClF3N2O3. The zero-order valence-electron chi connectivity index (χ0n) is 14.3. The van der Waals surface area contributed by atoms with Gasteiger partial charge in [0.15, 0.2) is 5.69 Å². The Morgan fingerprint density at radius 1 is 1.30 bits per heavy atom. The van der Waals surface area contributed by atoms with E-state index in [1.54, 1.807) is 0 Å². The number of rotatable bonds is 5. The molecule has 0 aliphatic heterocycles. The minimum absolute atomic E-state index is 0.00490. The Bertz CT molecular complexity index is 816. The second-order valence-corrected chi connectivity index (χ2v) is 7.21. The molecule has 0 bridgehead atoms. The SMILES string of the molecule is O=C(Nc1ccc(C(F)(F)F)c(Cl)c1CC1(CO)CCCC1)c1ccon1. The Morgan fingerprint density at radius 2 is 2.00 bits per heavy atom. The van der Waals surface area contributed by atoms with Gasteiger partial charge in [0.2, 0.25) is 0 Å². The minimum atomic E-state index is -4.62. The van der Waals surface area contributed by atoms with E-state index in [0.29, 0.717) is 12.8 Å². The predicted molar refractivity (Wildman–Crippen MR) is 92.6 cm³/mol. The molecule has 146 valence electrons. The van der Waals surface area contributed by atoms with Crippen molar-refractivity contribution in [2.75, 3.05) is 11.9 Å². The van der Waals surface area contributed by atoms with E-state index in [-0.39, 0.29) is 30.0 Å². The van der Waals surface area contributed by atoms with E-state index in [9.17, 15) is 23.1 Å². The lowest BCUT2D eigenvalue weighted by atomic mass is 9.80. The molecule has 1 fully saturated rings. The molecule has 1 amide bonds. The van der Waals surface area contributed by atoms with Crippen molar-refractivity contribution in [3.8, 4) is 0 Å². The molecule has 1 heterocycles. The Balaban J connectivity index is 2.01. The summed E-state index contributed by atoms with van der Waals surface area (Å²) < 4.78 is 44.5. The normalized spacial score (nSPS) is 16.5. The number of nitrogens with one attached hydrogen (secondary N) is 1. The van der Waals surface area contributed by atoms with Crippen molar-refractivity contribution in [2.45, 2.75) is 38.3 Å². The maximum absolute atomic E-state index is 13.3. The molecule has 0 atom stereocenters. The number of nitrogens with zero attached hydrogens (tertiary/aromatic N) is 1. The molecule has 27 heavy (non-hydrogen) atoms. The molecule has 0 unspecified atom stereocenters. The number of benzene rings is 1. The van der Waals surface area contributed by atoms with E-state index < -0.39 is 28.1 Å². The lowest BCUT2D eigenvalue weighted by molar-refractivity contribution is -0.137. The topological polar surface area (TPSA) is 75.4 Å². The summed E-state index contributed by atoms with van der Waals surface area (Å²) in [6.45, 7) is -0.157. The summed E-state index contributed by atoms with van der Waals surface area (Å²) in [5.41, 5.74) is -1.18. The maximum atomic E-state index is 13.3. The third kappa shape index (κ3) is 4.11. The number of carbonyl (C=O) groups is 1. The van der Waals surface area contributed by atoms with Crippen LogP contribution in [0.15, 0.2) is 29.0 Å². The second kappa shape index (κ2) is 7.52. The number of aliphatic hydroxyl groups excluding tert-OH is 1. The van der Waals surface area contributed by atoms with Gasteiger partial charge < -0.3 is 14.9 Å². The Kier molecular flexibility index (Phi) is 5.48. The van der Waals surface area contributed by atoms with Gasteiger partial charge in [-0.25, -0.2) is 0 Å². The van der Waals surface area contributed by atoms with E-state index in [4.69, 9.17) is 11.6 Å². The molecule has 1 aliphatic rings. The van der Waals surface area contributed by atoms with Crippen LogP contribution in [-0.2, 0) is 12.6 Å². The van der Waals surface area contributed by atoms with Crippen LogP contribution in [0.1, 0.15) is 47.3 Å². The first-order valence-electron chi connectivity index (χ1n) is 8.47. The Morgan fingerprint density at radius 3 is 2.56 bits per heavy atom. The van der Waals surface area contributed by atoms with Gasteiger partial charge in [-0.2, -0.15) is 13.2 Å². The lowest BCUT2D eigenvalue weighted by Crippen LogP contribution is -2.26. The van der Waals surface area contributed by atoms with Gasteiger partial charge in [-0.3, -0.25) is 4.79 Å². The number of hydrogen-bond donors (Lipinski definition) is 2. The number of amides is 1. The minimum Gasteiger partial charge on any atom is -0.396 e. The molecule has 1 aromatic carbocycles. The summed E-state index contributed by atoms with van der Waals surface area (Å²) in [5, 5.41) is 15.5. The van der Waals surface area contributed by atoms with Crippen LogP contribution in [-0.4, -0.2) is 22.8 Å². The van der Waals surface area contributed by atoms with Gasteiger partial charge in [-0.1, -0.05) is 29.6 Å². The molecule has 0 saturated heterocycles. The Labute approximate surface area is 158 Å². The molecule has 0 radical (unpaired) electrons. The van der Waals surface area contributed by atoms with E-state index in [2.05, 4.69) is 15.0 Å². The molecule has 5 nitrogen and oxygen atoms in total. The summed E-state index contributed by atoms with van der Waals surface area (Å²) >= 11 is 6.12. The average molecular weight is 403 g/mol. The number of aromatic nitrogens is 1. The van der Waals surface area contributed by atoms with Gasteiger partial charge in [-0.05, 0) is 42.4 Å². The fraction of sp³-hybridized carbons (Fsp3) is 0.444. The van der Waals surface area contributed by atoms with Crippen LogP contribution >= 0.6 is 11.6 Å². The van der Waals surface area contributed by atoms with Crippen molar-refractivity contribution in [2.24, 2.45) is 5.41 Å². The second-order valence-electron chi connectivity index (χ2n) is 6.83. The van der Waals surface area contributed by atoms with Crippen molar-refractivity contribution in [1.29, 1.82) is 0 Å². The van der Waals surface area contributed by atoms with Crippen molar-refractivity contribution >= 4 is 23.2 Å². The fourth-order valence-electron chi connectivity index (χ4n) is 3.54. The maximum Gasteiger partial charge on any atom is 0.417 e. The highest BCUT2D eigenvalue weighted by atomic mass is 35.5. The first-order chi connectivity index (χ1) is 12.8. The van der Waals surface area contributed by atoms with Crippen molar-refractivity contribution in [3.05, 3.63) is 46.3 Å². The van der Waals surface area contributed by atoms with Crippen LogP contribution in [0, 0.1) is 5.41 Å². The largest absolute Gasteiger partial charge is 0.417 e. The van der Waals surface area contributed by atoms with Crippen molar-refractivity contribution < 1.29 is 27.6 Å². The average Bonchev–Trinajstić information content (AvgIpc) is 3.29. The highest BCUT2D eigenvalue weighted by molar-refractivity contribution is 6.32. The highest BCUT2D eigenvalue weighted by Gasteiger charge is 2.38. The fourth-order valence-corrected chi connectivity index (χ4v) is 3.88. The van der Waals surface area contributed by atoms with E-state index in [1.807, 2.05) is 0 Å². The van der Waals surface area contributed by atoms with Gasteiger partial charge in [0.05, 0.1) is 10.6 Å². The quantitative estimate of drug-likeness (QED) is 0.760. The number of alkyl halides is 3. The van der Waals surface area contributed by atoms with E-state index >= 15 is 0 Å². The van der Waals surface area contributed by atoms with Crippen LogP contribution in [0.3, 0.4) is 0 Å². The predicted octanol–water partition coefficient (Wildman–Crippen LogP) is 4.69. The standard InChI is InChI=1S/C18H18ClF3N2O3/c19-15-11(9-17(10-25)6-1-2-7-17)13(4-3-12(15)18(20,21)22)23-16(26)14-5-8-27-24-14/h3-5,8,25H,1-2,6-7,9-10H2,(H,23,26). The van der Waals surface area contributed by atoms with Crippen LogP contribution in [0.4, 0.5) is 18.9 Å². The molecule has 0 spiro atoms. The number of anilines is 1. The molecule has 1 saturated carbocycles. The zero-order valence-corrected chi connectivity index (χ0v) is 15.0. The van der Waals surface area contributed by atoms with Crippen molar-refractivity contribution in [1.82, 2.24) is 5.16 Å². The van der Waals surface area contributed by atoms with E-state index in [0.717, 1.165) is 18.9 Å². The summed E-state index contributed by atoms with van der Waals surface area (Å²) in [7, 11) is 0. The van der Waals surface area contributed by atoms with Gasteiger partial charge in [-0.15, -0.1) is 0 Å². The van der Waals surface area contributed by atoms with Crippen molar-refractivity contribution in [3.63, 3.8) is 0 Å². The summed E-state index contributed by atoms with van der Waals surface area (Å²) in [6.07, 6.45) is -0.118. The van der Waals surface area contributed by atoms with Gasteiger partial charge in [0, 0.05) is 18.4 Å². The lowest BCUT2D eigenvalue weighted by Gasteiger charge is -2.29. The summed E-state index contributed by atoms with van der Waals surface area (Å²) in [5.74, 6) is -0.620. The van der Waals surface area contributed by atoms with Crippen LogP contribution in [0.5, 0.6) is 0 Å². The Hall–Kier alpha value is -2.06. The number of halogens is 4. The zero-order chi connectivity index (χ0) is 19.7. The summed E-state index contributed by atoms with van der Waals surface area (Å²) in [6, 6.07) is 3.36. The van der Waals surface area contributed by atoms with Gasteiger partial charge in [0.25, 0.3) is 5.91 Å². The molecule has 2 aromatic rings. The number of carbonyl (C=O) groups excluding carboxylic acids is 1. The number of hydrogen-bond acceptors (Lipinski definition) is 4. The third-order valence-corrected chi connectivity index (χ3v) is 5.45.